The van der Waals surface area contributed by atoms with Gasteiger partial charge in [-0.1, -0.05) is 0 Å². The normalized spacial score (nSPS) is 21.7. The Kier molecular flexibility index (Phi) is 5.21. The van der Waals surface area contributed by atoms with Gasteiger partial charge in [0, 0.05) is 13.2 Å². The van der Waals surface area contributed by atoms with E-state index in [1.165, 1.54) is 6.92 Å². The van der Waals surface area contributed by atoms with Gasteiger partial charge in [0.1, 0.15) is 6.04 Å². The third kappa shape index (κ3) is 4.59. The second kappa shape index (κ2) is 6.44. The molecule has 1 unspecified atom stereocenters. The summed E-state index contributed by atoms with van der Waals surface area (Å²) >= 11 is 0. The molecule has 16 heavy (non-hydrogen) atoms. The summed E-state index contributed by atoms with van der Waals surface area (Å²) in [5.41, 5.74) is 0. The molecule has 1 fully saturated rings. The molecule has 1 heterocycles. The highest BCUT2D eigenvalue weighted by Gasteiger charge is 2.16. The zero-order valence-electron chi connectivity index (χ0n) is 9.36. The van der Waals surface area contributed by atoms with Crippen molar-refractivity contribution in [3.8, 4) is 0 Å². The van der Waals surface area contributed by atoms with Crippen molar-refractivity contribution >= 4 is 11.9 Å². The van der Waals surface area contributed by atoms with E-state index < -0.39 is 12.0 Å². The minimum absolute atomic E-state index is 0.0141. The van der Waals surface area contributed by atoms with E-state index in [-0.39, 0.29) is 18.6 Å². The van der Waals surface area contributed by atoms with Crippen LogP contribution in [0.2, 0.25) is 0 Å². The standard InChI is InChI=1S/C10H18N2O4/c1-7(10(14)15)11-6-9(13)12-5-8-3-2-4-16-8/h7-8,11H,2-6H2,1H3,(H,12,13)(H,14,15)/t7-,8?/m1/s1. The third-order valence-corrected chi connectivity index (χ3v) is 2.49. The molecule has 0 bridgehead atoms. The molecule has 92 valence electrons. The summed E-state index contributed by atoms with van der Waals surface area (Å²) in [7, 11) is 0. The Morgan fingerprint density at radius 2 is 2.31 bits per heavy atom. The van der Waals surface area contributed by atoms with Crippen LogP contribution in [0.25, 0.3) is 0 Å². The van der Waals surface area contributed by atoms with E-state index in [0.717, 1.165) is 19.4 Å². The number of hydrogen-bond donors (Lipinski definition) is 3. The van der Waals surface area contributed by atoms with E-state index in [4.69, 9.17) is 9.84 Å². The average molecular weight is 230 g/mol. The van der Waals surface area contributed by atoms with Crippen LogP contribution in [0.4, 0.5) is 0 Å². The molecule has 2 atom stereocenters. The van der Waals surface area contributed by atoms with Gasteiger partial charge in [-0.25, -0.2) is 0 Å². The van der Waals surface area contributed by atoms with Gasteiger partial charge in [0.2, 0.25) is 5.91 Å². The summed E-state index contributed by atoms with van der Waals surface area (Å²) in [4.78, 5) is 21.8. The summed E-state index contributed by atoms with van der Waals surface area (Å²) in [6.07, 6.45) is 2.12. The van der Waals surface area contributed by atoms with Crippen LogP contribution in [0.3, 0.4) is 0 Å². The van der Waals surface area contributed by atoms with Crippen molar-refractivity contribution in [2.45, 2.75) is 31.9 Å². The van der Waals surface area contributed by atoms with Gasteiger partial charge in [0.15, 0.2) is 0 Å². The number of nitrogens with one attached hydrogen (secondary N) is 2. The highest BCUT2D eigenvalue weighted by Crippen LogP contribution is 2.10. The number of hydrogen-bond acceptors (Lipinski definition) is 4. The monoisotopic (exact) mass is 230 g/mol. The number of carbonyl (C=O) groups excluding carboxylic acids is 1. The molecule has 1 aliphatic heterocycles. The van der Waals surface area contributed by atoms with Gasteiger partial charge in [0.25, 0.3) is 0 Å². The second-order valence-corrected chi connectivity index (χ2v) is 3.88. The summed E-state index contributed by atoms with van der Waals surface area (Å²) < 4.78 is 5.34. The van der Waals surface area contributed by atoms with E-state index in [2.05, 4.69) is 10.6 Å². The lowest BCUT2D eigenvalue weighted by molar-refractivity contribution is -0.139. The zero-order chi connectivity index (χ0) is 12.0. The number of ether oxygens (including phenoxy) is 1. The Morgan fingerprint density at radius 1 is 1.56 bits per heavy atom. The average Bonchev–Trinajstić information content (AvgIpc) is 2.75. The van der Waals surface area contributed by atoms with Crippen LogP contribution in [0, 0.1) is 0 Å². The summed E-state index contributed by atoms with van der Waals surface area (Å²) in [6.45, 7) is 2.77. The first-order valence-corrected chi connectivity index (χ1v) is 5.44. The van der Waals surface area contributed by atoms with Crippen LogP contribution in [0.1, 0.15) is 19.8 Å². The van der Waals surface area contributed by atoms with E-state index in [9.17, 15) is 9.59 Å². The number of carbonyl (C=O) groups is 2. The van der Waals surface area contributed by atoms with E-state index in [1.807, 2.05) is 0 Å². The van der Waals surface area contributed by atoms with Crippen LogP contribution in [-0.4, -0.2) is 48.8 Å². The highest BCUT2D eigenvalue weighted by molar-refractivity contribution is 5.79. The van der Waals surface area contributed by atoms with Crippen LogP contribution in [-0.2, 0) is 14.3 Å². The van der Waals surface area contributed by atoms with E-state index in [1.54, 1.807) is 0 Å². The molecule has 0 radical (unpaired) electrons. The molecule has 6 nitrogen and oxygen atoms in total. The lowest BCUT2D eigenvalue weighted by atomic mass is 10.2. The number of carboxylic acids is 1. The number of aliphatic carboxylic acids is 1. The fourth-order valence-corrected chi connectivity index (χ4v) is 1.43. The minimum Gasteiger partial charge on any atom is -0.480 e. The summed E-state index contributed by atoms with van der Waals surface area (Å²) in [5.74, 6) is -1.17. The van der Waals surface area contributed by atoms with Crippen molar-refractivity contribution in [2.75, 3.05) is 19.7 Å². The fourth-order valence-electron chi connectivity index (χ4n) is 1.43. The first kappa shape index (κ1) is 12.9. The molecule has 0 saturated carbocycles. The van der Waals surface area contributed by atoms with E-state index in [0.29, 0.717) is 6.54 Å². The molecule has 0 aromatic rings. The van der Waals surface area contributed by atoms with Crippen molar-refractivity contribution in [1.82, 2.24) is 10.6 Å². The highest BCUT2D eigenvalue weighted by atomic mass is 16.5. The SMILES string of the molecule is C[C@@H](NCC(=O)NCC1CCCO1)C(=O)O. The van der Waals surface area contributed by atoms with Gasteiger partial charge in [-0.05, 0) is 19.8 Å². The Bertz CT molecular complexity index is 251. The van der Waals surface area contributed by atoms with Gasteiger partial charge in [-0.2, -0.15) is 0 Å². The maximum absolute atomic E-state index is 11.3. The maximum Gasteiger partial charge on any atom is 0.320 e. The van der Waals surface area contributed by atoms with Gasteiger partial charge >= 0.3 is 5.97 Å². The molecule has 0 aromatic carbocycles. The number of carboxylic acid groups (broad SMARTS) is 1. The molecule has 0 aromatic heterocycles. The Morgan fingerprint density at radius 3 is 2.88 bits per heavy atom. The molecule has 1 aliphatic rings. The Balaban J connectivity index is 2.08. The van der Waals surface area contributed by atoms with Crippen molar-refractivity contribution in [1.29, 1.82) is 0 Å². The molecular weight excluding hydrogens is 212 g/mol. The Hall–Kier alpha value is -1.14. The topological polar surface area (TPSA) is 87.7 Å². The number of rotatable bonds is 6. The quantitative estimate of drug-likeness (QED) is 0.564. The molecule has 0 spiro atoms. The lowest BCUT2D eigenvalue weighted by Gasteiger charge is -2.12. The van der Waals surface area contributed by atoms with Gasteiger partial charge < -0.3 is 15.2 Å². The fraction of sp³-hybridized carbons (Fsp3) is 0.800. The second-order valence-electron chi connectivity index (χ2n) is 3.88. The predicted molar refractivity (Wildman–Crippen MR) is 57.1 cm³/mol. The molecule has 3 N–H and O–H groups in total. The lowest BCUT2D eigenvalue weighted by Crippen LogP contribution is -2.43. The van der Waals surface area contributed by atoms with Crippen molar-refractivity contribution in [3.63, 3.8) is 0 Å². The first-order chi connectivity index (χ1) is 7.59. The summed E-state index contributed by atoms with van der Waals surface area (Å²) in [6, 6.07) is -0.714. The van der Waals surface area contributed by atoms with Crippen LogP contribution >= 0.6 is 0 Å². The maximum atomic E-state index is 11.3. The van der Waals surface area contributed by atoms with Gasteiger partial charge in [-0.15, -0.1) is 0 Å². The molecule has 1 saturated heterocycles. The van der Waals surface area contributed by atoms with Crippen molar-refractivity contribution < 1.29 is 19.4 Å². The van der Waals surface area contributed by atoms with Crippen LogP contribution in [0.5, 0.6) is 0 Å². The number of amides is 1. The molecule has 0 aliphatic carbocycles. The minimum atomic E-state index is -0.966. The predicted octanol–water partition coefficient (Wildman–Crippen LogP) is -0.656. The van der Waals surface area contributed by atoms with E-state index >= 15 is 0 Å². The molecule has 1 rings (SSSR count). The third-order valence-electron chi connectivity index (χ3n) is 2.49. The molecular formula is C10H18N2O4. The van der Waals surface area contributed by atoms with Crippen molar-refractivity contribution in [3.05, 3.63) is 0 Å². The smallest absolute Gasteiger partial charge is 0.320 e. The summed E-state index contributed by atoms with van der Waals surface area (Å²) in [5, 5.41) is 13.9. The molecule has 1 amide bonds. The largest absolute Gasteiger partial charge is 0.480 e. The van der Waals surface area contributed by atoms with Crippen LogP contribution in [0.15, 0.2) is 0 Å². The van der Waals surface area contributed by atoms with Gasteiger partial charge in [0.05, 0.1) is 12.6 Å². The van der Waals surface area contributed by atoms with Crippen molar-refractivity contribution in [2.24, 2.45) is 0 Å². The Labute approximate surface area is 94.3 Å². The first-order valence-electron chi connectivity index (χ1n) is 5.44. The van der Waals surface area contributed by atoms with Gasteiger partial charge in [-0.3, -0.25) is 14.9 Å². The zero-order valence-corrected chi connectivity index (χ0v) is 9.36. The molecule has 6 heteroatoms. The van der Waals surface area contributed by atoms with Crippen LogP contribution < -0.4 is 10.6 Å².